The van der Waals surface area contributed by atoms with Crippen molar-refractivity contribution in [3.05, 3.63) is 83.4 Å². The maximum absolute atomic E-state index is 13.4. The summed E-state index contributed by atoms with van der Waals surface area (Å²) in [5.74, 6) is 2.01. The summed E-state index contributed by atoms with van der Waals surface area (Å²) >= 11 is 0. The number of hydrogen-bond acceptors (Lipinski definition) is 7. The fourth-order valence-corrected chi connectivity index (χ4v) is 6.62. The Hall–Kier alpha value is -3.88. The number of likely N-dealkylation sites (tertiary alicyclic amines) is 1. The summed E-state index contributed by atoms with van der Waals surface area (Å²) in [6.45, 7) is 21.0. The van der Waals surface area contributed by atoms with Crippen LogP contribution in [-0.4, -0.2) is 82.1 Å². The molecule has 8 heteroatoms. The Labute approximate surface area is 321 Å². The van der Waals surface area contributed by atoms with Gasteiger partial charge in [0.25, 0.3) is 0 Å². The molecule has 1 heterocycles. The molecular weight excluding hydrogens is 663 g/mol. The normalized spacial score (nSPS) is 14.9. The third-order valence-electron chi connectivity index (χ3n) is 9.26. The van der Waals surface area contributed by atoms with Gasteiger partial charge in [0.1, 0.15) is 0 Å². The monoisotopic (exact) mass is 732 g/mol. The Balaban J connectivity index is 0.000000469. The number of aryl methyl sites for hydroxylation is 1. The van der Waals surface area contributed by atoms with Gasteiger partial charge >= 0.3 is 0 Å². The quantitative estimate of drug-likeness (QED) is 0.0903. The van der Waals surface area contributed by atoms with Crippen LogP contribution in [0.4, 0.5) is 5.69 Å². The molecule has 1 atom stereocenters. The molecule has 3 aromatic carbocycles. The van der Waals surface area contributed by atoms with Crippen molar-refractivity contribution in [3.8, 4) is 17.2 Å². The molecule has 0 saturated carbocycles. The lowest BCUT2D eigenvalue weighted by Gasteiger charge is -2.32. The van der Waals surface area contributed by atoms with E-state index in [0.29, 0.717) is 30.2 Å². The zero-order valence-electron chi connectivity index (χ0n) is 34.6. The van der Waals surface area contributed by atoms with E-state index in [9.17, 15) is 4.79 Å². The van der Waals surface area contributed by atoms with E-state index in [-0.39, 0.29) is 11.3 Å². The first-order valence-corrected chi connectivity index (χ1v) is 19.6. The highest BCUT2D eigenvalue weighted by Crippen LogP contribution is 2.42. The van der Waals surface area contributed by atoms with E-state index in [1.54, 1.807) is 21.3 Å². The first kappa shape index (κ1) is 45.3. The third-order valence-corrected chi connectivity index (χ3v) is 9.26. The first-order chi connectivity index (χ1) is 25.6. The number of carbonyl (C=O) groups is 1. The average Bonchev–Trinajstić information content (AvgIpc) is 3.46. The van der Waals surface area contributed by atoms with E-state index in [1.165, 1.54) is 24.0 Å². The van der Waals surface area contributed by atoms with Crippen LogP contribution in [0.15, 0.2) is 71.7 Å². The van der Waals surface area contributed by atoms with Crippen LogP contribution in [0.2, 0.25) is 0 Å². The zero-order valence-corrected chi connectivity index (χ0v) is 34.6. The van der Waals surface area contributed by atoms with Crippen LogP contribution in [-0.2, 0) is 22.5 Å². The largest absolute Gasteiger partial charge is 0.493 e. The SMILES string of the molecule is CC(C)=Nc1ccccc1C.CCCCN(CCC)CCC1(Cc2ccccc2)CC(=O)N(Cc2cc(OC)c(OC)c(OC)c2)C1.CCCOCC. The van der Waals surface area contributed by atoms with Crippen LogP contribution in [0, 0.1) is 12.3 Å². The van der Waals surface area contributed by atoms with Gasteiger partial charge in [-0.2, -0.15) is 0 Å². The molecule has 294 valence electrons. The van der Waals surface area contributed by atoms with Gasteiger partial charge < -0.3 is 28.7 Å². The average molecular weight is 732 g/mol. The fourth-order valence-electron chi connectivity index (χ4n) is 6.62. The summed E-state index contributed by atoms with van der Waals surface area (Å²) in [6.07, 6.45) is 7.23. The van der Waals surface area contributed by atoms with Crippen LogP contribution in [0.3, 0.4) is 0 Å². The van der Waals surface area contributed by atoms with E-state index >= 15 is 0 Å². The summed E-state index contributed by atoms with van der Waals surface area (Å²) < 4.78 is 21.5. The van der Waals surface area contributed by atoms with Crippen molar-refractivity contribution in [2.24, 2.45) is 10.4 Å². The van der Waals surface area contributed by atoms with E-state index in [2.05, 4.69) is 74.0 Å². The van der Waals surface area contributed by atoms with Crippen molar-refractivity contribution in [2.75, 3.05) is 60.7 Å². The fraction of sp³-hybridized carbons (Fsp3) is 0.556. The molecule has 0 bridgehead atoms. The molecule has 1 amide bonds. The van der Waals surface area contributed by atoms with Crippen molar-refractivity contribution >= 4 is 17.3 Å². The highest BCUT2D eigenvalue weighted by molar-refractivity contribution is 5.82. The molecule has 0 N–H and O–H groups in total. The predicted octanol–water partition coefficient (Wildman–Crippen LogP) is 10.1. The molecule has 1 aliphatic heterocycles. The second-order valence-electron chi connectivity index (χ2n) is 14.1. The summed E-state index contributed by atoms with van der Waals surface area (Å²) in [6, 6.07) is 22.7. The molecule has 53 heavy (non-hydrogen) atoms. The number of methoxy groups -OCH3 is 3. The molecule has 0 aliphatic carbocycles. The molecule has 0 spiro atoms. The Kier molecular flexibility index (Phi) is 21.5. The van der Waals surface area contributed by atoms with Crippen LogP contribution in [0.25, 0.3) is 0 Å². The topological polar surface area (TPSA) is 72.8 Å². The summed E-state index contributed by atoms with van der Waals surface area (Å²) in [5, 5.41) is 0. The van der Waals surface area contributed by atoms with Gasteiger partial charge in [0.05, 0.1) is 27.0 Å². The van der Waals surface area contributed by atoms with Crippen molar-refractivity contribution in [1.82, 2.24) is 9.80 Å². The van der Waals surface area contributed by atoms with E-state index < -0.39 is 0 Å². The summed E-state index contributed by atoms with van der Waals surface area (Å²) in [5.41, 5.74) is 5.61. The standard InChI is InChI=1S/C30H44N2O4.C10H13N.C5H12O/c1-6-8-16-31(15-7-2)17-14-30(20-24-12-10-9-11-13-24)21-28(33)32(23-30)22-25-18-26(34-3)29(36-5)27(19-25)35-4;1-8(2)11-10-7-5-4-6-9(10)3;1-3-5-6-4-2/h9-13,18-19H,6-8,14-17,20-23H2,1-5H3;4-7H,1-3H3;3-5H2,1-2H3. The maximum Gasteiger partial charge on any atom is 0.223 e. The maximum atomic E-state index is 13.4. The second-order valence-corrected chi connectivity index (χ2v) is 14.1. The molecule has 0 radical (unpaired) electrons. The number of unbranched alkanes of at least 4 members (excludes halogenated alkanes) is 1. The first-order valence-electron chi connectivity index (χ1n) is 19.6. The predicted molar refractivity (Wildman–Crippen MR) is 221 cm³/mol. The van der Waals surface area contributed by atoms with Crippen LogP contribution in [0.5, 0.6) is 17.2 Å². The number of ether oxygens (including phenoxy) is 4. The van der Waals surface area contributed by atoms with Gasteiger partial charge in [0, 0.05) is 43.9 Å². The summed E-state index contributed by atoms with van der Waals surface area (Å²) in [4.78, 5) is 22.4. The van der Waals surface area contributed by atoms with Gasteiger partial charge in [-0.3, -0.25) is 9.79 Å². The van der Waals surface area contributed by atoms with Crippen molar-refractivity contribution in [3.63, 3.8) is 0 Å². The minimum Gasteiger partial charge on any atom is -0.493 e. The van der Waals surface area contributed by atoms with E-state index in [0.717, 1.165) is 82.0 Å². The van der Waals surface area contributed by atoms with Crippen molar-refractivity contribution < 1.29 is 23.7 Å². The number of para-hydroxylation sites is 1. The van der Waals surface area contributed by atoms with Gasteiger partial charge in [-0.05, 0) is 114 Å². The van der Waals surface area contributed by atoms with Gasteiger partial charge in [-0.1, -0.05) is 75.7 Å². The Morgan fingerprint density at radius 3 is 2.00 bits per heavy atom. The lowest BCUT2D eigenvalue weighted by atomic mass is 9.77. The zero-order chi connectivity index (χ0) is 39.1. The molecule has 1 saturated heterocycles. The Bertz CT molecular complexity index is 1460. The molecule has 1 fully saturated rings. The molecule has 0 aromatic heterocycles. The molecular formula is C45H69N3O5. The number of carbonyl (C=O) groups excluding carboxylic acids is 1. The smallest absolute Gasteiger partial charge is 0.223 e. The molecule has 3 aromatic rings. The number of aliphatic imine (C=N–C) groups is 1. The van der Waals surface area contributed by atoms with Gasteiger partial charge in [-0.25, -0.2) is 0 Å². The van der Waals surface area contributed by atoms with E-state index in [1.807, 2.05) is 56.0 Å². The second kappa shape index (κ2) is 25.2. The van der Waals surface area contributed by atoms with Gasteiger partial charge in [0.15, 0.2) is 11.5 Å². The van der Waals surface area contributed by atoms with Crippen molar-refractivity contribution in [1.29, 1.82) is 0 Å². The summed E-state index contributed by atoms with van der Waals surface area (Å²) in [7, 11) is 4.84. The van der Waals surface area contributed by atoms with Crippen LogP contribution < -0.4 is 14.2 Å². The van der Waals surface area contributed by atoms with Gasteiger partial charge in [0.2, 0.25) is 11.7 Å². The molecule has 1 unspecified atom stereocenters. The number of hydrogen-bond donors (Lipinski definition) is 0. The van der Waals surface area contributed by atoms with Crippen molar-refractivity contribution in [2.45, 2.75) is 100.0 Å². The highest BCUT2D eigenvalue weighted by atomic mass is 16.5. The third kappa shape index (κ3) is 15.9. The number of benzene rings is 3. The Morgan fingerprint density at radius 2 is 1.47 bits per heavy atom. The van der Waals surface area contributed by atoms with E-state index in [4.69, 9.17) is 18.9 Å². The lowest BCUT2D eigenvalue weighted by Crippen LogP contribution is -2.35. The minimum atomic E-state index is -0.0721. The van der Waals surface area contributed by atoms with Crippen LogP contribution >= 0.6 is 0 Å². The van der Waals surface area contributed by atoms with Crippen LogP contribution in [0.1, 0.15) is 96.8 Å². The highest BCUT2D eigenvalue weighted by Gasteiger charge is 2.43. The molecule has 8 nitrogen and oxygen atoms in total. The Morgan fingerprint density at radius 1 is 0.811 bits per heavy atom. The minimum absolute atomic E-state index is 0.0721. The molecule has 4 rings (SSSR count). The number of amides is 1. The number of nitrogens with zero attached hydrogens (tertiary/aromatic N) is 3. The van der Waals surface area contributed by atoms with Gasteiger partial charge in [-0.15, -0.1) is 0 Å². The lowest BCUT2D eigenvalue weighted by molar-refractivity contribution is -0.128. The molecule has 1 aliphatic rings. The number of rotatable bonds is 19.